The van der Waals surface area contributed by atoms with Crippen LogP contribution in [0.3, 0.4) is 0 Å². The van der Waals surface area contributed by atoms with E-state index in [1.165, 1.54) is 25.1 Å². The number of benzene rings is 2. The molecule has 0 saturated heterocycles. The van der Waals surface area contributed by atoms with E-state index < -0.39 is 42.2 Å². The highest BCUT2D eigenvalue weighted by Crippen LogP contribution is 2.41. The summed E-state index contributed by atoms with van der Waals surface area (Å²) in [6.07, 6.45) is -6.18. The second kappa shape index (κ2) is 8.28. The summed E-state index contributed by atoms with van der Waals surface area (Å²) < 4.78 is 53.1. The van der Waals surface area contributed by atoms with Crippen molar-refractivity contribution in [2.75, 3.05) is 16.8 Å². The van der Waals surface area contributed by atoms with Gasteiger partial charge in [0, 0.05) is 11.4 Å². The van der Waals surface area contributed by atoms with Crippen LogP contribution < -0.4 is 10.2 Å². The van der Waals surface area contributed by atoms with Crippen molar-refractivity contribution in [2.45, 2.75) is 19.2 Å². The largest absolute Gasteiger partial charge is 0.416 e. The fraction of sp³-hybridized carbons (Fsp3) is 0.174. The number of anilines is 2. The maximum atomic E-state index is 14.9. The molecule has 4 rings (SSSR count). The monoisotopic (exact) mass is 459 g/mol. The Bertz CT molecular complexity index is 1240. The Hall–Kier alpha value is -3.79. The zero-order chi connectivity index (χ0) is 23.9. The van der Waals surface area contributed by atoms with Crippen LogP contribution in [-0.2, 0) is 15.8 Å². The number of carbonyl (C=O) groups is 2. The standard InChI is InChI=1S/C23H17F4N3O3/c1-12-10-17-19(21(24)28-12)15-4-2-3-5-16(15)20(32)22(33)30(17)11-18(31)29-14-8-6-13(7-9-14)23(25,26)27/h2-10,20,32H,11H2,1H3,(H,29,31). The number of fused-ring (bicyclic) bond motifs is 3. The van der Waals surface area contributed by atoms with Gasteiger partial charge in [-0.3, -0.25) is 14.5 Å². The molecule has 2 amide bonds. The van der Waals surface area contributed by atoms with Gasteiger partial charge in [-0.15, -0.1) is 0 Å². The molecule has 0 spiro atoms. The van der Waals surface area contributed by atoms with Crippen molar-refractivity contribution in [3.05, 3.63) is 77.4 Å². The molecule has 2 heterocycles. The van der Waals surface area contributed by atoms with Crippen LogP contribution in [-0.4, -0.2) is 28.4 Å². The predicted octanol–water partition coefficient (Wildman–Crippen LogP) is 4.23. The number of aliphatic hydroxyl groups is 1. The third kappa shape index (κ3) is 4.29. The normalized spacial score (nSPS) is 15.5. The van der Waals surface area contributed by atoms with Crippen molar-refractivity contribution in [2.24, 2.45) is 0 Å². The molecular formula is C23H17F4N3O3. The van der Waals surface area contributed by atoms with Crippen molar-refractivity contribution in [3.8, 4) is 11.1 Å². The summed E-state index contributed by atoms with van der Waals surface area (Å²) in [5.41, 5.74) is -0.100. The Morgan fingerprint density at radius 2 is 1.82 bits per heavy atom. The summed E-state index contributed by atoms with van der Waals surface area (Å²) in [6, 6.07) is 11.4. The third-order valence-electron chi connectivity index (χ3n) is 5.20. The van der Waals surface area contributed by atoms with Crippen LogP contribution in [0.2, 0.25) is 0 Å². The first-order chi connectivity index (χ1) is 15.6. The molecule has 1 aliphatic rings. The fourth-order valence-electron chi connectivity index (χ4n) is 3.69. The molecule has 0 bridgehead atoms. The summed E-state index contributed by atoms with van der Waals surface area (Å²) in [5, 5.41) is 13.1. The van der Waals surface area contributed by atoms with E-state index >= 15 is 0 Å². The van der Waals surface area contributed by atoms with Gasteiger partial charge in [0.15, 0.2) is 6.10 Å². The SMILES string of the molecule is Cc1cc2c(c(F)n1)-c1ccccc1C(O)C(=O)N2CC(=O)Nc1ccc(C(F)(F)F)cc1. The Kier molecular flexibility index (Phi) is 5.62. The highest BCUT2D eigenvalue weighted by atomic mass is 19.4. The van der Waals surface area contributed by atoms with E-state index in [0.29, 0.717) is 0 Å². The van der Waals surface area contributed by atoms with Gasteiger partial charge in [-0.05, 0) is 48.4 Å². The summed E-state index contributed by atoms with van der Waals surface area (Å²) in [7, 11) is 0. The first-order valence-electron chi connectivity index (χ1n) is 9.79. The lowest BCUT2D eigenvalue weighted by Gasteiger charge is -2.24. The van der Waals surface area contributed by atoms with Crippen LogP contribution in [0.1, 0.15) is 22.9 Å². The lowest BCUT2D eigenvalue weighted by atomic mass is 9.97. The van der Waals surface area contributed by atoms with E-state index in [9.17, 15) is 32.3 Å². The first kappa shape index (κ1) is 22.4. The van der Waals surface area contributed by atoms with E-state index in [2.05, 4.69) is 10.3 Å². The highest BCUT2D eigenvalue weighted by Gasteiger charge is 2.36. The molecule has 33 heavy (non-hydrogen) atoms. The zero-order valence-electron chi connectivity index (χ0n) is 17.2. The quantitative estimate of drug-likeness (QED) is 0.454. The molecular weight excluding hydrogens is 442 g/mol. The van der Waals surface area contributed by atoms with Crippen LogP contribution in [0.4, 0.5) is 28.9 Å². The molecule has 2 N–H and O–H groups in total. The Morgan fingerprint density at radius 3 is 2.48 bits per heavy atom. The number of nitrogens with zero attached hydrogens (tertiary/aromatic N) is 2. The van der Waals surface area contributed by atoms with E-state index in [1.54, 1.807) is 12.1 Å². The number of hydrogen-bond acceptors (Lipinski definition) is 4. The zero-order valence-corrected chi connectivity index (χ0v) is 17.2. The topological polar surface area (TPSA) is 82.5 Å². The van der Waals surface area contributed by atoms with Crippen molar-refractivity contribution < 1.29 is 32.3 Å². The van der Waals surface area contributed by atoms with Gasteiger partial charge in [0.2, 0.25) is 11.9 Å². The van der Waals surface area contributed by atoms with Crippen molar-refractivity contribution in [3.63, 3.8) is 0 Å². The number of halogens is 4. The van der Waals surface area contributed by atoms with Crippen molar-refractivity contribution >= 4 is 23.2 Å². The number of hydrogen-bond donors (Lipinski definition) is 2. The molecule has 1 aliphatic heterocycles. The smallest absolute Gasteiger partial charge is 0.378 e. The van der Waals surface area contributed by atoms with E-state index in [-0.39, 0.29) is 33.8 Å². The molecule has 170 valence electrons. The summed E-state index contributed by atoms with van der Waals surface area (Å²) in [4.78, 5) is 30.5. The Labute approximate surface area is 185 Å². The minimum Gasteiger partial charge on any atom is -0.378 e. The average molecular weight is 459 g/mol. The number of alkyl halides is 3. The predicted molar refractivity (Wildman–Crippen MR) is 112 cm³/mol. The van der Waals surface area contributed by atoms with Gasteiger partial charge < -0.3 is 10.4 Å². The van der Waals surface area contributed by atoms with Crippen LogP contribution >= 0.6 is 0 Å². The van der Waals surface area contributed by atoms with Gasteiger partial charge in [-0.2, -0.15) is 17.6 Å². The minimum absolute atomic E-state index is 0.0385. The van der Waals surface area contributed by atoms with E-state index in [1.807, 2.05) is 0 Å². The van der Waals surface area contributed by atoms with Crippen LogP contribution in [0.5, 0.6) is 0 Å². The number of rotatable bonds is 3. The maximum Gasteiger partial charge on any atom is 0.416 e. The van der Waals surface area contributed by atoms with E-state index in [4.69, 9.17) is 0 Å². The molecule has 3 aromatic rings. The van der Waals surface area contributed by atoms with Crippen molar-refractivity contribution in [1.29, 1.82) is 0 Å². The molecule has 0 radical (unpaired) electrons. The van der Waals surface area contributed by atoms with Gasteiger partial charge in [0.1, 0.15) is 6.54 Å². The number of aliphatic hydroxyl groups excluding tert-OH is 1. The lowest BCUT2D eigenvalue weighted by molar-refractivity contribution is -0.137. The Morgan fingerprint density at radius 1 is 1.15 bits per heavy atom. The van der Waals surface area contributed by atoms with Crippen LogP contribution in [0.15, 0.2) is 54.6 Å². The third-order valence-corrected chi connectivity index (χ3v) is 5.20. The molecule has 1 aromatic heterocycles. The number of amides is 2. The summed E-state index contributed by atoms with van der Waals surface area (Å²) >= 11 is 0. The fourth-order valence-corrected chi connectivity index (χ4v) is 3.69. The van der Waals surface area contributed by atoms with Crippen LogP contribution in [0.25, 0.3) is 11.1 Å². The second-order valence-corrected chi connectivity index (χ2v) is 7.49. The van der Waals surface area contributed by atoms with Crippen LogP contribution in [0, 0.1) is 12.9 Å². The number of carbonyl (C=O) groups excluding carboxylic acids is 2. The minimum atomic E-state index is -4.52. The first-order valence-corrected chi connectivity index (χ1v) is 9.79. The summed E-state index contributed by atoms with van der Waals surface area (Å²) in [6.45, 7) is 0.905. The Balaban J connectivity index is 1.68. The van der Waals surface area contributed by atoms with Gasteiger partial charge in [0.05, 0.1) is 16.8 Å². The summed E-state index contributed by atoms with van der Waals surface area (Å²) in [5.74, 6) is -2.47. The van der Waals surface area contributed by atoms with Gasteiger partial charge >= 0.3 is 6.18 Å². The molecule has 0 fully saturated rings. The van der Waals surface area contributed by atoms with Gasteiger partial charge in [0.25, 0.3) is 5.91 Å². The molecule has 2 aromatic carbocycles. The number of pyridine rings is 1. The molecule has 6 nitrogen and oxygen atoms in total. The molecule has 10 heteroatoms. The maximum absolute atomic E-state index is 14.9. The van der Waals surface area contributed by atoms with Gasteiger partial charge in [-0.25, -0.2) is 4.98 Å². The number of nitrogens with one attached hydrogen (secondary N) is 1. The average Bonchev–Trinajstić information content (AvgIpc) is 2.83. The van der Waals surface area contributed by atoms with E-state index in [0.717, 1.165) is 29.2 Å². The highest BCUT2D eigenvalue weighted by molar-refractivity contribution is 6.08. The molecule has 0 saturated carbocycles. The molecule has 0 aliphatic carbocycles. The number of aromatic nitrogens is 1. The molecule has 1 unspecified atom stereocenters. The number of aryl methyl sites for hydroxylation is 1. The molecule has 1 atom stereocenters. The second-order valence-electron chi connectivity index (χ2n) is 7.49. The lowest BCUT2D eigenvalue weighted by Crippen LogP contribution is -2.40. The van der Waals surface area contributed by atoms with Gasteiger partial charge in [-0.1, -0.05) is 24.3 Å². The van der Waals surface area contributed by atoms with Crippen molar-refractivity contribution in [1.82, 2.24) is 4.98 Å².